The molecule has 0 saturated carbocycles. The van der Waals surface area contributed by atoms with Gasteiger partial charge in [-0.05, 0) is 51.0 Å². The van der Waals surface area contributed by atoms with Gasteiger partial charge in [0.2, 0.25) is 0 Å². The first kappa shape index (κ1) is 43.7. The number of carbonyl (C=O) groups is 6. The lowest BCUT2D eigenvalue weighted by Gasteiger charge is -2.13. The fourth-order valence-corrected chi connectivity index (χ4v) is 6.17. The van der Waals surface area contributed by atoms with E-state index in [0.717, 1.165) is 51.4 Å². The molecule has 0 spiro atoms. The number of para-hydroxylation sites is 2. The summed E-state index contributed by atoms with van der Waals surface area (Å²) in [5, 5.41) is 18.4. The first-order valence-electron chi connectivity index (χ1n) is 17.3. The van der Waals surface area contributed by atoms with Gasteiger partial charge in [-0.2, -0.15) is 0 Å². The largest absolute Gasteiger partial charge is 0.507 e. The van der Waals surface area contributed by atoms with Crippen LogP contribution in [0, 0.1) is 0 Å². The smallest absolute Gasteiger partial charge is 0.306 e. The number of hydrogen-bond acceptors (Lipinski definition) is 12. The third-order valence-corrected chi connectivity index (χ3v) is 9.85. The molecule has 0 aliphatic rings. The second-order valence-corrected chi connectivity index (χ2v) is 14.6. The lowest BCUT2D eigenvalue weighted by molar-refractivity contribution is -0.144. The summed E-state index contributed by atoms with van der Waals surface area (Å²) >= 11 is 2.53. The maximum atomic E-state index is 12.2. The summed E-state index contributed by atoms with van der Waals surface area (Å²) in [6, 6.07) is 12.0. The van der Waals surface area contributed by atoms with Crippen LogP contribution in [0.4, 0.5) is 0 Å². The summed E-state index contributed by atoms with van der Waals surface area (Å²) in [5.74, 6) is -2.37. The second kappa shape index (κ2) is 25.5. The number of aromatic hydroxyl groups is 2. The minimum atomic E-state index is -0.636. The van der Waals surface area contributed by atoms with Crippen LogP contribution in [-0.2, 0) is 28.7 Å². The van der Waals surface area contributed by atoms with Crippen LogP contribution in [-0.4, -0.2) is 81.0 Å². The van der Waals surface area contributed by atoms with E-state index in [9.17, 15) is 39.0 Å². The molecule has 0 heterocycles. The van der Waals surface area contributed by atoms with Gasteiger partial charge < -0.3 is 19.7 Å². The van der Waals surface area contributed by atoms with Gasteiger partial charge in [-0.1, -0.05) is 62.8 Å². The predicted molar refractivity (Wildman–Crippen MR) is 199 cm³/mol. The van der Waals surface area contributed by atoms with Crippen molar-refractivity contribution in [2.75, 3.05) is 24.7 Å². The monoisotopic (exact) mass is 762 g/mol. The maximum Gasteiger partial charge on any atom is 0.306 e. The van der Waals surface area contributed by atoms with Crippen molar-refractivity contribution in [3.63, 3.8) is 0 Å². The minimum Gasteiger partial charge on any atom is -0.507 e. The van der Waals surface area contributed by atoms with Crippen molar-refractivity contribution in [2.45, 2.75) is 88.6 Å². The quantitative estimate of drug-likeness (QED) is 0.0524. The molecule has 4 amide bonds. The van der Waals surface area contributed by atoms with Gasteiger partial charge in [0.1, 0.15) is 11.5 Å². The van der Waals surface area contributed by atoms with Crippen molar-refractivity contribution in [3.05, 3.63) is 59.7 Å². The third kappa shape index (κ3) is 18.2. The van der Waals surface area contributed by atoms with Gasteiger partial charge in [0.15, 0.2) is 0 Å². The van der Waals surface area contributed by atoms with E-state index in [1.807, 2.05) is 0 Å². The van der Waals surface area contributed by atoms with Crippen molar-refractivity contribution >= 4 is 59.1 Å². The lowest BCUT2D eigenvalue weighted by Crippen LogP contribution is -2.45. The number of nitrogens with one attached hydrogen (secondary N) is 4. The molecule has 0 bridgehead atoms. The highest BCUT2D eigenvalue weighted by molar-refractivity contribution is 8.00. The fraction of sp³-hybridized carbons (Fsp3) is 0.500. The molecule has 52 heavy (non-hydrogen) atoms. The number of amides is 4. The zero-order chi connectivity index (χ0) is 38.1. The van der Waals surface area contributed by atoms with Gasteiger partial charge >= 0.3 is 11.9 Å². The van der Waals surface area contributed by atoms with Crippen LogP contribution in [0.2, 0.25) is 0 Å². The van der Waals surface area contributed by atoms with E-state index in [0.29, 0.717) is 24.7 Å². The van der Waals surface area contributed by atoms with Gasteiger partial charge in [0, 0.05) is 11.5 Å². The van der Waals surface area contributed by atoms with Crippen molar-refractivity contribution in [1.29, 1.82) is 0 Å². The average Bonchev–Trinajstić information content (AvgIpc) is 3.13. The second-order valence-electron chi connectivity index (χ2n) is 11.7. The van der Waals surface area contributed by atoms with Gasteiger partial charge in [-0.15, -0.1) is 23.5 Å². The summed E-state index contributed by atoms with van der Waals surface area (Å²) in [7, 11) is 0. The van der Waals surface area contributed by atoms with Gasteiger partial charge in [-0.25, -0.2) is 0 Å². The molecule has 0 aliphatic heterocycles. The predicted octanol–water partition coefficient (Wildman–Crippen LogP) is 4.55. The maximum absolute atomic E-state index is 12.2. The Labute approximate surface area is 312 Å². The Balaban J connectivity index is 1.36. The Morgan fingerprint density at radius 3 is 1.27 bits per heavy atom. The summed E-state index contributed by atoms with van der Waals surface area (Å²) in [4.78, 5) is 72.6. The summed E-state index contributed by atoms with van der Waals surface area (Å²) in [5.41, 5.74) is 9.25. The van der Waals surface area contributed by atoms with Crippen LogP contribution in [0.3, 0.4) is 0 Å². The number of phenolic OH excluding ortho intramolecular Hbond substituents is 2. The van der Waals surface area contributed by atoms with E-state index < -0.39 is 34.1 Å². The number of carbonyl (C=O) groups excluding carboxylic acids is 6. The molecule has 2 rings (SSSR count). The zero-order valence-electron chi connectivity index (χ0n) is 29.6. The van der Waals surface area contributed by atoms with E-state index in [2.05, 4.69) is 21.7 Å². The van der Waals surface area contributed by atoms with Crippen LogP contribution in [0.5, 0.6) is 11.5 Å². The molecule has 2 atom stereocenters. The van der Waals surface area contributed by atoms with Gasteiger partial charge in [-0.3, -0.25) is 50.5 Å². The molecule has 16 heteroatoms. The molecule has 0 fully saturated rings. The molecule has 0 saturated heterocycles. The van der Waals surface area contributed by atoms with E-state index in [-0.39, 0.29) is 47.4 Å². The molecule has 286 valence electrons. The number of thioether (sulfide) groups is 2. The van der Waals surface area contributed by atoms with Crippen molar-refractivity contribution in [3.8, 4) is 11.5 Å². The Kier molecular flexibility index (Phi) is 21.4. The van der Waals surface area contributed by atoms with Gasteiger partial charge in [0.25, 0.3) is 23.6 Å². The zero-order valence-corrected chi connectivity index (χ0v) is 31.3. The first-order valence-corrected chi connectivity index (χ1v) is 19.4. The number of hydrogen-bond donors (Lipinski definition) is 6. The molecule has 2 aromatic carbocycles. The number of hydrazine groups is 2. The number of unbranched alkanes of at least 4 members (excludes halogenated alkanes) is 7. The Morgan fingerprint density at radius 1 is 0.558 bits per heavy atom. The van der Waals surface area contributed by atoms with E-state index >= 15 is 0 Å². The molecule has 14 nitrogen and oxygen atoms in total. The summed E-state index contributed by atoms with van der Waals surface area (Å²) in [6.45, 7) is 4.04. The van der Waals surface area contributed by atoms with Crippen LogP contribution in [0.1, 0.15) is 98.8 Å². The van der Waals surface area contributed by atoms with E-state index in [1.54, 1.807) is 38.1 Å². The SMILES string of the molecule is CC(SCCC(=O)OCCCCCCCCCCOC(=O)CCSC(C)C(=O)NNC(=O)c1ccccc1O)C(=O)NNC(=O)c1ccccc1O. The normalized spacial score (nSPS) is 11.8. The van der Waals surface area contributed by atoms with Crippen LogP contribution in [0.25, 0.3) is 0 Å². The number of rotatable bonds is 23. The molecule has 2 aromatic rings. The number of esters is 2. The van der Waals surface area contributed by atoms with Crippen LogP contribution >= 0.6 is 23.5 Å². The Morgan fingerprint density at radius 2 is 0.904 bits per heavy atom. The fourth-order valence-electron chi connectivity index (χ4n) is 4.48. The highest BCUT2D eigenvalue weighted by Gasteiger charge is 2.18. The van der Waals surface area contributed by atoms with Crippen molar-refractivity contribution in [2.24, 2.45) is 0 Å². The molecular formula is C36H50N4O10S2. The number of benzene rings is 2. The lowest BCUT2D eigenvalue weighted by atomic mass is 10.1. The number of phenols is 2. The molecule has 0 aromatic heterocycles. The summed E-state index contributed by atoms with van der Waals surface area (Å²) in [6.07, 6.45) is 8.01. The highest BCUT2D eigenvalue weighted by Crippen LogP contribution is 2.17. The van der Waals surface area contributed by atoms with Gasteiger partial charge in [0.05, 0.1) is 47.7 Å². The average molecular weight is 763 g/mol. The van der Waals surface area contributed by atoms with Crippen molar-refractivity contribution in [1.82, 2.24) is 21.7 Å². The highest BCUT2D eigenvalue weighted by atomic mass is 32.2. The first-order chi connectivity index (χ1) is 25.0. The van der Waals surface area contributed by atoms with Crippen molar-refractivity contribution < 1.29 is 48.5 Å². The Hall–Kier alpha value is -4.44. The van der Waals surface area contributed by atoms with Crippen LogP contribution in [0.15, 0.2) is 48.5 Å². The standard InChI is InChI=1S/C36H50N4O10S2/c1-25(33(45)37-39-35(47)27-15-9-11-17-29(27)41)51-23-19-31(43)49-21-13-7-5-3-4-6-8-14-22-50-32(44)20-24-52-26(2)34(46)38-40-36(48)28-16-10-12-18-30(28)42/h9-12,15-18,25-26,41-42H,3-8,13-14,19-24H2,1-2H3,(H,37,45)(H,38,46)(H,39,47)(H,40,48). The Bertz CT molecular complexity index is 1350. The number of ether oxygens (including phenoxy) is 2. The van der Waals surface area contributed by atoms with E-state index in [1.165, 1.54) is 47.8 Å². The third-order valence-electron chi connectivity index (χ3n) is 7.55. The molecule has 0 aliphatic carbocycles. The molecule has 6 N–H and O–H groups in total. The minimum absolute atomic E-state index is 0.0417. The van der Waals surface area contributed by atoms with Crippen LogP contribution < -0.4 is 21.7 Å². The summed E-state index contributed by atoms with van der Waals surface area (Å²) < 4.78 is 10.6. The molecule has 2 unspecified atom stereocenters. The topological polar surface area (TPSA) is 209 Å². The molecular weight excluding hydrogens is 713 g/mol. The molecule has 0 radical (unpaired) electrons. The van der Waals surface area contributed by atoms with E-state index in [4.69, 9.17) is 9.47 Å².